The van der Waals surface area contributed by atoms with Gasteiger partial charge in [-0.25, -0.2) is 0 Å². The molecule has 2 aliphatic rings. The summed E-state index contributed by atoms with van der Waals surface area (Å²) >= 11 is 0. The Balaban J connectivity index is 2.02. The molecule has 0 bridgehead atoms. The van der Waals surface area contributed by atoms with E-state index in [9.17, 15) is 0 Å². The Morgan fingerprint density at radius 1 is 1.00 bits per heavy atom. The van der Waals surface area contributed by atoms with Gasteiger partial charge >= 0.3 is 0 Å². The Bertz CT molecular complexity index is 303. The molecule has 0 atom stereocenters. The number of nitrogens with one attached hydrogen (secondary N) is 1. The van der Waals surface area contributed by atoms with Crippen molar-refractivity contribution in [2.24, 2.45) is 5.41 Å². The molecule has 3 heteroatoms. The Hall–Kier alpha value is -0.120. The predicted molar refractivity (Wildman–Crippen MR) is 85.1 cm³/mol. The smallest absolute Gasteiger partial charge is 0.0760 e. The van der Waals surface area contributed by atoms with Crippen molar-refractivity contribution in [3.05, 3.63) is 0 Å². The molecule has 1 heterocycles. The number of ether oxygens (including phenoxy) is 1. The highest BCUT2D eigenvalue weighted by atomic mass is 16.5. The first-order valence-electron chi connectivity index (χ1n) is 8.39. The first-order valence-corrected chi connectivity index (χ1v) is 8.39. The van der Waals surface area contributed by atoms with Gasteiger partial charge in [0.05, 0.1) is 11.2 Å². The SMILES string of the molecule is CCNCC1(CN2CC(C)(C)OC(C)(C)C2)CCCC1. The van der Waals surface area contributed by atoms with E-state index >= 15 is 0 Å². The second kappa shape index (κ2) is 5.94. The zero-order valence-electron chi connectivity index (χ0n) is 14.2. The van der Waals surface area contributed by atoms with Crippen LogP contribution in [0.15, 0.2) is 0 Å². The average Bonchev–Trinajstić information content (AvgIpc) is 2.71. The molecule has 1 aliphatic carbocycles. The van der Waals surface area contributed by atoms with E-state index in [1.807, 2.05) is 0 Å². The minimum atomic E-state index is -0.0280. The van der Waals surface area contributed by atoms with Crippen molar-refractivity contribution in [3.8, 4) is 0 Å². The molecule has 1 aliphatic heterocycles. The minimum absolute atomic E-state index is 0.0280. The molecule has 1 saturated carbocycles. The fraction of sp³-hybridized carbons (Fsp3) is 1.00. The van der Waals surface area contributed by atoms with Crippen molar-refractivity contribution in [2.45, 2.75) is 71.5 Å². The van der Waals surface area contributed by atoms with Gasteiger partial charge in [0.25, 0.3) is 0 Å². The summed E-state index contributed by atoms with van der Waals surface area (Å²) in [5, 5.41) is 3.60. The maximum atomic E-state index is 6.21. The molecular formula is C17H34N2O. The molecular weight excluding hydrogens is 248 g/mol. The maximum absolute atomic E-state index is 6.21. The number of nitrogens with zero attached hydrogens (tertiary/aromatic N) is 1. The van der Waals surface area contributed by atoms with Crippen LogP contribution in [-0.2, 0) is 4.74 Å². The van der Waals surface area contributed by atoms with Crippen LogP contribution in [-0.4, -0.2) is 48.8 Å². The summed E-state index contributed by atoms with van der Waals surface area (Å²) in [4.78, 5) is 2.66. The van der Waals surface area contributed by atoms with E-state index in [2.05, 4.69) is 44.8 Å². The highest BCUT2D eigenvalue weighted by Crippen LogP contribution is 2.40. The molecule has 0 aromatic heterocycles. The van der Waals surface area contributed by atoms with Crippen LogP contribution in [0.3, 0.4) is 0 Å². The fourth-order valence-electron chi connectivity index (χ4n) is 4.44. The van der Waals surface area contributed by atoms with Gasteiger partial charge in [0.1, 0.15) is 0 Å². The lowest BCUT2D eigenvalue weighted by molar-refractivity contribution is -0.184. The summed E-state index contributed by atoms with van der Waals surface area (Å²) in [5.41, 5.74) is 0.443. The van der Waals surface area contributed by atoms with Gasteiger partial charge < -0.3 is 10.1 Å². The third-order valence-corrected chi connectivity index (χ3v) is 4.73. The second-order valence-electron chi connectivity index (χ2n) is 8.25. The largest absolute Gasteiger partial charge is 0.367 e. The van der Waals surface area contributed by atoms with Crippen LogP contribution >= 0.6 is 0 Å². The van der Waals surface area contributed by atoms with Gasteiger partial charge in [-0.3, -0.25) is 4.90 Å². The zero-order valence-corrected chi connectivity index (χ0v) is 14.2. The van der Waals surface area contributed by atoms with Gasteiger partial charge in [-0.1, -0.05) is 19.8 Å². The Labute approximate surface area is 125 Å². The number of morpholine rings is 1. The van der Waals surface area contributed by atoms with Crippen molar-refractivity contribution in [1.82, 2.24) is 10.2 Å². The fourth-order valence-corrected chi connectivity index (χ4v) is 4.44. The normalized spacial score (nSPS) is 28.6. The molecule has 0 aromatic rings. The van der Waals surface area contributed by atoms with Crippen molar-refractivity contribution in [2.75, 3.05) is 32.7 Å². The van der Waals surface area contributed by atoms with Crippen LogP contribution in [0.2, 0.25) is 0 Å². The van der Waals surface area contributed by atoms with E-state index in [1.165, 1.54) is 38.8 Å². The number of hydrogen-bond acceptors (Lipinski definition) is 3. The molecule has 1 saturated heterocycles. The van der Waals surface area contributed by atoms with Gasteiger partial charge in [0.2, 0.25) is 0 Å². The van der Waals surface area contributed by atoms with Crippen LogP contribution in [0.1, 0.15) is 60.3 Å². The molecule has 0 spiro atoms. The lowest BCUT2D eigenvalue weighted by Gasteiger charge is -2.49. The number of hydrogen-bond donors (Lipinski definition) is 1. The maximum Gasteiger partial charge on any atom is 0.0760 e. The molecule has 20 heavy (non-hydrogen) atoms. The molecule has 2 rings (SSSR count). The first kappa shape index (κ1) is 16.3. The quantitative estimate of drug-likeness (QED) is 0.839. The third kappa shape index (κ3) is 4.19. The zero-order chi connectivity index (χ0) is 14.9. The summed E-state index contributed by atoms with van der Waals surface area (Å²) in [7, 11) is 0. The summed E-state index contributed by atoms with van der Waals surface area (Å²) < 4.78 is 6.21. The molecule has 0 aromatic carbocycles. The molecule has 2 fully saturated rings. The molecule has 3 nitrogen and oxygen atoms in total. The summed E-state index contributed by atoms with van der Waals surface area (Å²) in [5.74, 6) is 0. The molecule has 0 amide bonds. The van der Waals surface area contributed by atoms with Crippen molar-refractivity contribution in [3.63, 3.8) is 0 Å². The van der Waals surface area contributed by atoms with E-state index in [-0.39, 0.29) is 11.2 Å². The Morgan fingerprint density at radius 3 is 2.05 bits per heavy atom. The standard InChI is InChI=1S/C17H34N2O/c1-6-18-11-17(9-7-8-10-17)14-19-12-15(2,3)20-16(4,5)13-19/h18H,6-14H2,1-5H3. The molecule has 0 unspecified atom stereocenters. The van der Waals surface area contributed by atoms with E-state index < -0.39 is 0 Å². The van der Waals surface area contributed by atoms with E-state index in [4.69, 9.17) is 4.74 Å². The van der Waals surface area contributed by atoms with Gasteiger partial charge in [-0.2, -0.15) is 0 Å². The van der Waals surface area contributed by atoms with Gasteiger partial charge in [0.15, 0.2) is 0 Å². The summed E-state index contributed by atoms with van der Waals surface area (Å²) in [6.07, 6.45) is 5.58. The summed E-state index contributed by atoms with van der Waals surface area (Å²) in [6, 6.07) is 0. The molecule has 1 N–H and O–H groups in total. The van der Waals surface area contributed by atoms with Gasteiger partial charge in [0, 0.05) is 26.2 Å². The Kier molecular flexibility index (Phi) is 4.83. The minimum Gasteiger partial charge on any atom is -0.367 e. The monoisotopic (exact) mass is 282 g/mol. The van der Waals surface area contributed by atoms with Crippen LogP contribution in [0.4, 0.5) is 0 Å². The first-order chi connectivity index (χ1) is 9.26. The lowest BCUT2D eigenvalue weighted by Crippen LogP contribution is -2.59. The van der Waals surface area contributed by atoms with Crippen molar-refractivity contribution in [1.29, 1.82) is 0 Å². The highest BCUT2D eigenvalue weighted by molar-refractivity contribution is 4.95. The van der Waals surface area contributed by atoms with E-state index in [1.54, 1.807) is 0 Å². The molecule has 0 radical (unpaired) electrons. The van der Waals surface area contributed by atoms with Gasteiger partial charge in [-0.05, 0) is 52.5 Å². The van der Waals surface area contributed by atoms with Gasteiger partial charge in [-0.15, -0.1) is 0 Å². The van der Waals surface area contributed by atoms with E-state index in [0.29, 0.717) is 5.41 Å². The van der Waals surface area contributed by atoms with Crippen molar-refractivity contribution < 1.29 is 4.74 Å². The Morgan fingerprint density at radius 2 is 1.55 bits per heavy atom. The van der Waals surface area contributed by atoms with Crippen LogP contribution in [0, 0.1) is 5.41 Å². The number of rotatable bonds is 5. The van der Waals surface area contributed by atoms with E-state index in [0.717, 1.165) is 19.6 Å². The lowest BCUT2D eigenvalue weighted by atomic mass is 9.84. The van der Waals surface area contributed by atoms with Crippen LogP contribution in [0.5, 0.6) is 0 Å². The predicted octanol–water partition coefficient (Wildman–Crippen LogP) is 3.05. The third-order valence-electron chi connectivity index (χ3n) is 4.73. The summed E-state index contributed by atoms with van der Waals surface area (Å²) in [6.45, 7) is 16.7. The van der Waals surface area contributed by atoms with Crippen LogP contribution in [0.25, 0.3) is 0 Å². The average molecular weight is 282 g/mol. The van der Waals surface area contributed by atoms with Crippen molar-refractivity contribution >= 4 is 0 Å². The van der Waals surface area contributed by atoms with Crippen LogP contribution < -0.4 is 5.32 Å². The topological polar surface area (TPSA) is 24.5 Å². The highest BCUT2D eigenvalue weighted by Gasteiger charge is 2.42. The molecule has 118 valence electrons. The second-order valence-corrected chi connectivity index (χ2v) is 8.25.